The van der Waals surface area contributed by atoms with Crippen LogP contribution in [0.3, 0.4) is 0 Å². The van der Waals surface area contributed by atoms with Crippen molar-refractivity contribution in [2.45, 2.75) is 44.9 Å². The zero-order valence-electron chi connectivity index (χ0n) is 15.7. The van der Waals surface area contributed by atoms with Gasteiger partial charge >= 0.3 is 0 Å². The van der Waals surface area contributed by atoms with E-state index in [0.717, 1.165) is 16.3 Å². The number of carbonyl (C=O) groups excluding carboxylic acids is 1. The number of hydrogen-bond acceptors (Lipinski definition) is 4. The summed E-state index contributed by atoms with van der Waals surface area (Å²) < 4.78 is 25.9. The molecule has 0 fully saturated rings. The van der Waals surface area contributed by atoms with Crippen LogP contribution in [0.2, 0.25) is 10.0 Å². The summed E-state index contributed by atoms with van der Waals surface area (Å²) in [5.74, 6) is 0.413. The smallest absolute Gasteiger partial charge is 0.243 e. The third kappa shape index (κ3) is 7.18. The first-order valence-electron chi connectivity index (χ1n) is 8.23. The topological polar surface area (TPSA) is 66.5 Å². The molecule has 26 heavy (non-hydrogen) atoms. The number of amides is 1. The van der Waals surface area contributed by atoms with Crippen molar-refractivity contribution in [3.8, 4) is 0 Å². The van der Waals surface area contributed by atoms with Gasteiger partial charge in [0.2, 0.25) is 15.9 Å². The molecule has 1 amide bonds. The van der Waals surface area contributed by atoms with Crippen molar-refractivity contribution in [1.29, 1.82) is 0 Å². The second-order valence-corrected chi connectivity index (χ2v) is 11.4. The lowest BCUT2D eigenvalue weighted by atomic mass is 10.2. The predicted octanol–water partition coefficient (Wildman–Crippen LogP) is 4.19. The Kier molecular flexibility index (Phi) is 8.58. The molecule has 5 nitrogen and oxygen atoms in total. The lowest BCUT2D eigenvalue weighted by Crippen LogP contribution is -2.49. The van der Waals surface area contributed by atoms with Gasteiger partial charge in [-0.15, -0.1) is 0 Å². The maximum Gasteiger partial charge on any atom is 0.243 e. The van der Waals surface area contributed by atoms with Crippen molar-refractivity contribution >= 4 is 56.6 Å². The Labute approximate surface area is 170 Å². The van der Waals surface area contributed by atoms with Crippen molar-refractivity contribution in [2.75, 3.05) is 22.9 Å². The first kappa shape index (κ1) is 23.4. The van der Waals surface area contributed by atoms with Gasteiger partial charge in [0, 0.05) is 17.0 Å². The van der Waals surface area contributed by atoms with Gasteiger partial charge in [-0.25, -0.2) is 8.42 Å². The lowest BCUT2D eigenvalue weighted by Gasteiger charge is -2.30. The standard InChI is InChI=1S/C17H26Cl2N2O3S2/c1-6-15(16(22)20-9-10-25-17(2,3)4)21(26(5,23)24)12-7-8-13(18)14(19)11-12/h7-8,11,15H,6,9-10H2,1-5H3,(H,20,22)/t15-/m0/s1. The van der Waals surface area contributed by atoms with Crippen molar-refractivity contribution in [3.63, 3.8) is 0 Å². The minimum Gasteiger partial charge on any atom is -0.353 e. The van der Waals surface area contributed by atoms with E-state index in [9.17, 15) is 13.2 Å². The van der Waals surface area contributed by atoms with Gasteiger partial charge in [0.1, 0.15) is 6.04 Å². The Morgan fingerprint density at radius 2 is 1.88 bits per heavy atom. The fraction of sp³-hybridized carbons (Fsp3) is 0.588. The highest BCUT2D eigenvalue weighted by Crippen LogP contribution is 2.30. The highest BCUT2D eigenvalue weighted by molar-refractivity contribution is 8.00. The van der Waals surface area contributed by atoms with Crippen LogP contribution in [0.25, 0.3) is 0 Å². The molecule has 0 aromatic heterocycles. The average Bonchev–Trinajstić information content (AvgIpc) is 2.49. The third-order valence-corrected chi connectivity index (χ3v) is 6.62. The van der Waals surface area contributed by atoms with Crippen LogP contribution in [0.5, 0.6) is 0 Å². The zero-order valence-corrected chi connectivity index (χ0v) is 18.8. The molecule has 1 aromatic rings. The molecule has 148 valence electrons. The van der Waals surface area contributed by atoms with Gasteiger partial charge in [-0.1, -0.05) is 50.9 Å². The highest BCUT2D eigenvalue weighted by Gasteiger charge is 2.31. The average molecular weight is 441 g/mol. The van der Waals surface area contributed by atoms with Crippen molar-refractivity contribution in [3.05, 3.63) is 28.2 Å². The number of thioether (sulfide) groups is 1. The van der Waals surface area contributed by atoms with E-state index in [4.69, 9.17) is 23.2 Å². The van der Waals surface area contributed by atoms with E-state index in [0.29, 0.717) is 23.7 Å². The Morgan fingerprint density at radius 1 is 1.27 bits per heavy atom. The van der Waals surface area contributed by atoms with E-state index in [-0.39, 0.29) is 15.7 Å². The summed E-state index contributed by atoms with van der Waals surface area (Å²) >= 11 is 13.7. The number of sulfonamides is 1. The molecule has 0 spiro atoms. The largest absolute Gasteiger partial charge is 0.353 e. The van der Waals surface area contributed by atoms with Crippen molar-refractivity contribution < 1.29 is 13.2 Å². The highest BCUT2D eigenvalue weighted by atomic mass is 35.5. The molecule has 0 saturated heterocycles. The molecule has 0 aliphatic carbocycles. The number of benzene rings is 1. The number of carbonyl (C=O) groups is 1. The molecule has 0 radical (unpaired) electrons. The van der Waals surface area contributed by atoms with Crippen LogP contribution in [0.15, 0.2) is 18.2 Å². The Bertz CT molecular complexity index is 734. The van der Waals surface area contributed by atoms with Gasteiger partial charge in [-0.2, -0.15) is 11.8 Å². The second-order valence-electron chi connectivity index (χ2n) is 6.83. The van der Waals surface area contributed by atoms with Gasteiger partial charge in [0.15, 0.2) is 0 Å². The fourth-order valence-electron chi connectivity index (χ4n) is 2.33. The maximum atomic E-state index is 12.6. The minimum absolute atomic E-state index is 0.105. The maximum absolute atomic E-state index is 12.6. The predicted molar refractivity (Wildman–Crippen MR) is 113 cm³/mol. The molecule has 0 heterocycles. The van der Waals surface area contributed by atoms with Crippen LogP contribution in [-0.2, 0) is 14.8 Å². The molecule has 1 atom stereocenters. The van der Waals surface area contributed by atoms with E-state index >= 15 is 0 Å². The second kappa shape index (κ2) is 9.53. The molecule has 1 rings (SSSR count). The van der Waals surface area contributed by atoms with Gasteiger partial charge in [0.05, 0.1) is 22.0 Å². The molecule has 1 N–H and O–H groups in total. The number of rotatable bonds is 8. The molecule has 0 saturated carbocycles. The Hall–Kier alpha value is -0.630. The van der Waals surface area contributed by atoms with Crippen LogP contribution in [0.4, 0.5) is 5.69 Å². The molecule has 0 bridgehead atoms. The van der Waals surface area contributed by atoms with E-state index in [1.54, 1.807) is 24.8 Å². The quantitative estimate of drug-likeness (QED) is 0.615. The number of nitrogens with zero attached hydrogens (tertiary/aromatic N) is 1. The monoisotopic (exact) mass is 440 g/mol. The molecular formula is C17H26Cl2N2O3S2. The number of nitrogens with one attached hydrogen (secondary N) is 1. The van der Waals surface area contributed by atoms with Gasteiger partial charge in [-0.3, -0.25) is 9.10 Å². The van der Waals surface area contributed by atoms with E-state index in [1.807, 2.05) is 0 Å². The number of anilines is 1. The zero-order chi connectivity index (χ0) is 20.1. The number of halogens is 2. The van der Waals surface area contributed by atoms with E-state index in [2.05, 4.69) is 26.1 Å². The summed E-state index contributed by atoms with van der Waals surface area (Å²) in [6, 6.07) is 3.65. The molecule has 0 unspecified atom stereocenters. The third-order valence-electron chi connectivity index (χ3n) is 3.42. The lowest BCUT2D eigenvalue weighted by molar-refractivity contribution is -0.122. The normalized spacial score (nSPS) is 13.3. The molecule has 9 heteroatoms. The molecular weight excluding hydrogens is 415 g/mol. The number of hydrogen-bond donors (Lipinski definition) is 1. The van der Waals surface area contributed by atoms with Crippen LogP contribution in [-0.4, -0.2) is 43.7 Å². The summed E-state index contributed by atoms with van der Waals surface area (Å²) in [7, 11) is -3.69. The van der Waals surface area contributed by atoms with Crippen LogP contribution in [0.1, 0.15) is 34.1 Å². The van der Waals surface area contributed by atoms with E-state index in [1.165, 1.54) is 12.1 Å². The summed E-state index contributed by atoms with van der Waals surface area (Å²) in [4.78, 5) is 12.6. The Morgan fingerprint density at radius 3 is 2.35 bits per heavy atom. The van der Waals surface area contributed by atoms with Crippen LogP contribution < -0.4 is 9.62 Å². The van der Waals surface area contributed by atoms with Crippen LogP contribution >= 0.6 is 35.0 Å². The Balaban J connectivity index is 2.99. The fourth-order valence-corrected chi connectivity index (χ4v) is 4.64. The van der Waals surface area contributed by atoms with E-state index < -0.39 is 16.1 Å². The van der Waals surface area contributed by atoms with Gasteiger partial charge in [0.25, 0.3) is 0 Å². The van der Waals surface area contributed by atoms with Gasteiger partial charge < -0.3 is 5.32 Å². The molecule has 0 aliphatic heterocycles. The van der Waals surface area contributed by atoms with Crippen molar-refractivity contribution in [2.24, 2.45) is 0 Å². The molecule has 0 aliphatic rings. The first-order chi connectivity index (χ1) is 11.9. The summed E-state index contributed by atoms with van der Waals surface area (Å²) in [5, 5.41) is 3.38. The van der Waals surface area contributed by atoms with Crippen LogP contribution in [0, 0.1) is 0 Å². The first-order valence-corrected chi connectivity index (χ1v) is 11.8. The minimum atomic E-state index is -3.69. The van der Waals surface area contributed by atoms with Gasteiger partial charge in [-0.05, 0) is 24.6 Å². The summed E-state index contributed by atoms with van der Waals surface area (Å²) in [6.07, 6.45) is 1.40. The SMILES string of the molecule is CC[C@@H](C(=O)NCCSC(C)(C)C)N(c1ccc(Cl)c(Cl)c1)S(C)(=O)=O. The van der Waals surface area contributed by atoms with Crippen molar-refractivity contribution in [1.82, 2.24) is 5.32 Å². The summed E-state index contributed by atoms with van der Waals surface area (Å²) in [5.41, 5.74) is 0.313. The summed E-state index contributed by atoms with van der Waals surface area (Å²) in [6.45, 7) is 8.54. The molecule has 1 aromatic carbocycles.